The first-order valence-electron chi connectivity index (χ1n) is 15.9. The first-order valence-corrected chi connectivity index (χ1v) is 15.9. The van der Waals surface area contributed by atoms with Crippen LogP contribution in [-0.4, -0.2) is 49.9 Å². The summed E-state index contributed by atoms with van der Waals surface area (Å²) >= 11 is 0. The van der Waals surface area contributed by atoms with Crippen molar-refractivity contribution in [2.24, 2.45) is 11.8 Å². The van der Waals surface area contributed by atoms with Gasteiger partial charge in [-0.2, -0.15) is 0 Å². The lowest BCUT2D eigenvalue weighted by molar-refractivity contribution is 0.200. The van der Waals surface area contributed by atoms with Gasteiger partial charge in [0, 0.05) is 44.5 Å². The Balaban J connectivity index is 1.12. The number of fused-ring (bicyclic) bond motifs is 4. The van der Waals surface area contributed by atoms with Gasteiger partial charge in [-0.1, -0.05) is 43.3 Å². The summed E-state index contributed by atoms with van der Waals surface area (Å²) in [6.45, 7) is 8.14. The molecule has 5 nitrogen and oxygen atoms in total. The molecule has 3 atom stereocenters. The highest BCUT2D eigenvalue weighted by Crippen LogP contribution is 2.40. The van der Waals surface area contributed by atoms with Gasteiger partial charge in [0.2, 0.25) is 0 Å². The Bertz CT molecular complexity index is 1350. The van der Waals surface area contributed by atoms with Gasteiger partial charge in [0.15, 0.2) is 0 Å². The van der Waals surface area contributed by atoms with E-state index in [2.05, 4.69) is 77.4 Å². The molecular weight excluding hydrogens is 520 g/mol. The summed E-state index contributed by atoms with van der Waals surface area (Å²) in [5, 5.41) is 9.95. The first-order chi connectivity index (χ1) is 20.6. The van der Waals surface area contributed by atoms with Crippen molar-refractivity contribution in [2.75, 3.05) is 44.8 Å². The van der Waals surface area contributed by atoms with E-state index in [0.29, 0.717) is 11.7 Å². The summed E-state index contributed by atoms with van der Waals surface area (Å²) in [7, 11) is 1.75. The second-order valence-electron chi connectivity index (χ2n) is 12.5. The number of phenols is 1. The van der Waals surface area contributed by atoms with Crippen molar-refractivity contribution in [3.8, 4) is 17.2 Å². The fourth-order valence-electron chi connectivity index (χ4n) is 7.19. The molecule has 2 aliphatic heterocycles. The largest absolute Gasteiger partial charge is 0.508 e. The SMILES string of the molecule is CCCN(Cc1ccc(OCCN2CC3C=CC(CC3)C2)cc1)c1cc(OC)ccc1C1CCc2cc(O)ccc2C1. The van der Waals surface area contributed by atoms with E-state index in [1.54, 1.807) is 7.11 Å². The summed E-state index contributed by atoms with van der Waals surface area (Å²) in [6, 6.07) is 21.2. The van der Waals surface area contributed by atoms with E-state index in [1.807, 2.05) is 12.1 Å². The average molecular weight is 567 g/mol. The molecule has 1 saturated heterocycles. The van der Waals surface area contributed by atoms with E-state index in [1.165, 1.54) is 53.9 Å². The van der Waals surface area contributed by atoms with E-state index in [9.17, 15) is 5.11 Å². The molecule has 1 N–H and O–H groups in total. The minimum atomic E-state index is 0.365. The summed E-state index contributed by atoms with van der Waals surface area (Å²) in [4.78, 5) is 5.10. The van der Waals surface area contributed by atoms with Crippen LogP contribution in [0.3, 0.4) is 0 Å². The van der Waals surface area contributed by atoms with Crippen LogP contribution in [0, 0.1) is 11.8 Å². The van der Waals surface area contributed by atoms with Crippen molar-refractivity contribution in [2.45, 2.75) is 57.9 Å². The summed E-state index contributed by atoms with van der Waals surface area (Å²) in [5.41, 5.74) is 6.57. The molecule has 222 valence electrons. The van der Waals surface area contributed by atoms with Crippen LogP contribution in [0.25, 0.3) is 0 Å². The molecule has 3 aromatic rings. The van der Waals surface area contributed by atoms with Gasteiger partial charge in [-0.3, -0.25) is 4.90 Å². The maximum Gasteiger partial charge on any atom is 0.120 e. The summed E-state index contributed by atoms with van der Waals surface area (Å²) < 4.78 is 11.9. The van der Waals surface area contributed by atoms with Crippen molar-refractivity contribution >= 4 is 5.69 Å². The van der Waals surface area contributed by atoms with E-state index in [-0.39, 0.29) is 0 Å². The van der Waals surface area contributed by atoms with E-state index in [0.717, 1.165) is 75.3 Å². The van der Waals surface area contributed by atoms with Gasteiger partial charge in [0.25, 0.3) is 0 Å². The van der Waals surface area contributed by atoms with Crippen molar-refractivity contribution in [1.29, 1.82) is 0 Å². The zero-order valence-electron chi connectivity index (χ0n) is 25.3. The van der Waals surface area contributed by atoms with Gasteiger partial charge < -0.3 is 19.5 Å². The third-order valence-electron chi connectivity index (χ3n) is 9.45. The minimum Gasteiger partial charge on any atom is -0.508 e. The molecule has 0 amide bonds. The second-order valence-corrected chi connectivity index (χ2v) is 12.5. The van der Waals surface area contributed by atoms with Gasteiger partial charge >= 0.3 is 0 Å². The number of nitrogens with zero attached hydrogens (tertiary/aromatic N) is 2. The minimum absolute atomic E-state index is 0.365. The lowest BCUT2D eigenvalue weighted by Gasteiger charge is -2.32. The van der Waals surface area contributed by atoms with E-state index in [4.69, 9.17) is 9.47 Å². The number of phenolic OH excluding ortho intramolecular Hbond substituents is 1. The van der Waals surface area contributed by atoms with Crippen molar-refractivity contribution in [3.63, 3.8) is 0 Å². The van der Waals surface area contributed by atoms with Crippen LogP contribution in [0.1, 0.15) is 60.8 Å². The molecule has 4 aliphatic rings. The summed E-state index contributed by atoms with van der Waals surface area (Å²) in [6.07, 6.45) is 11.7. The highest BCUT2D eigenvalue weighted by atomic mass is 16.5. The fraction of sp³-hybridized carbons (Fsp3) is 0.459. The average Bonchev–Trinajstić information content (AvgIpc) is 3.34. The van der Waals surface area contributed by atoms with Crippen LogP contribution >= 0.6 is 0 Å². The van der Waals surface area contributed by atoms with Crippen LogP contribution in [-0.2, 0) is 19.4 Å². The molecule has 0 spiro atoms. The maximum atomic E-state index is 9.95. The van der Waals surface area contributed by atoms with Gasteiger partial charge in [-0.25, -0.2) is 0 Å². The Labute approximate surface area is 251 Å². The van der Waals surface area contributed by atoms with Crippen LogP contribution in [0.15, 0.2) is 72.8 Å². The molecule has 3 aromatic carbocycles. The standard InChI is InChI=1S/C37H46N2O3/c1-3-18-39(26-29-8-14-34(15-9-29)42-20-19-38-24-27-4-5-28(25-38)7-6-27)37-23-35(41-2)16-17-36(37)32-11-10-31-22-33(40)13-12-30(31)21-32/h4-5,8-9,12-17,22-23,27-28,32,40H,3,6-7,10-11,18-21,24-26H2,1-2H3. The number of hydrogen-bond donors (Lipinski definition) is 1. The molecule has 3 unspecified atom stereocenters. The van der Waals surface area contributed by atoms with Crippen LogP contribution in [0.2, 0.25) is 0 Å². The molecule has 0 radical (unpaired) electrons. The van der Waals surface area contributed by atoms with Gasteiger partial charge in [0.1, 0.15) is 23.9 Å². The third-order valence-corrected chi connectivity index (χ3v) is 9.45. The van der Waals surface area contributed by atoms with Crippen molar-refractivity contribution in [1.82, 2.24) is 4.90 Å². The Morgan fingerprint density at radius 1 is 0.881 bits per heavy atom. The zero-order chi connectivity index (χ0) is 28.9. The number of ether oxygens (including phenoxy) is 2. The normalized spacial score (nSPS) is 21.5. The number of hydrogen-bond acceptors (Lipinski definition) is 5. The molecule has 0 aromatic heterocycles. The van der Waals surface area contributed by atoms with Crippen molar-refractivity contribution < 1.29 is 14.6 Å². The Kier molecular flexibility index (Phi) is 9.04. The molecule has 2 bridgehead atoms. The molecule has 0 saturated carbocycles. The van der Waals surface area contributed by atoms with Crippen LogP contribution in [0.5, 0.6) is 17.2 Å². The molecule has 2 heterocycles. The lowest BCUT2D eigenvalue weighted by atomic mass is 9.79. The monoisotopic (exact) mass is 566 g/mol. The van der Waals surface area contributed by atoms with Crippen LogP contribution < -0.4 is 14.4 Å². The van der Waals surface area contributed by atoms with E-state index < -0.39 is 0 Å². The Morgan fingerprint density at radius 2 is 1.64 bits per heavy atom. The predicted octanol–water partition coefficient (Wildman–Crippen LogP) is 7.37. The topological polar surface area (TPSA) is 45.2 Å². The van der Waals surface area contributed by atoms with Crippen LogP contribution in [0.4, 0.5) is 5.69 Å². The molecule has 2 aliphatic carbocycles. The van der Waals surface area contributed by atoms with E-state index >= 15 is 0 Å². The quantitative estimate of drug-likeness (QED) is 0.246. The molecule has 1 fully saturated rings. The maximum absolute atomic E-state index is 9.95. The third kappa shape index (κ3) is 6.78. The Morgan fingerprint density at radius 3 is 2.36 bits per heavy atom. The molecule has 7 rings (SSSR count). The molecular formula is C37H46N2O3. The van der Waals surface area contributed by atoms with Crippen molar-refractivity contribution in [3.05, 3.63) is 95.1 Å². The number of rotatable bonds is 11. The van der Waals surface area contributed by atoms with Gasteiger partial charge in [-0.15, -0.1) is 0 Å². The summed E-state index contributed by atoms with van der Waals surface area (Å²) in [5.74, 6) is 4.10. The predicted molar refractivity (Wildman–Crippen MR) is 171 cm³/mol. The smallest absolute Gasteiger partial charge is 0.120 e. The number of aryl methyl sites for hydroxylation is 1. The zero-order valence-corrected chi connectivity index (χ0v) is 25.3. The highest BCUT2D eigenvalue weighted by molar-refractivity contribution is 5.60. The fourth-order valence-corrected chi connectivity index (χ4v) is 7.19. The number of benzene rings is 3. The molecule has 5 heteroatoms. The number of anilines is 1. The number of methoxy groups -OCH3 is 1. The first kappa shape index (κ1) is 28.7. The second kappa shape index (κ2) is 13.2. The highest BCUT2D eigenvalue weighted by Gasteiger charge is 2.26. The lowest BCUT2D eigenvalue weighted by Crippen LogP contribution is -2.32. The molecule has 42 heavy (non-hydrogen) atoms. The number of aromatic hydroxyl groups is 1. The van der Waals surface area contributed by atoms with Gasteiger partial charge in [-0.05, 0) is 109 Å². The Hall–Kier alpha value is -3.44. The van der Waals surface area contributed by atoms with Gasteiger partial charge in [0.05, 0.1) is 7.11 Å².